The van der Waals surface area contributed by atoms with Gasteiger partial charge in [-0.05, 0) is 0 Å². The molecular formula is C41H82F16N3O24S4+. The highest BCUT2D eigenvalue weighted by molar-refractivity contribution is 7.81. The first-order valence-electron chi connectivity index (χ1n) is 23.1. The maximum absolute atomic E-state index is 13.2. The minimum atomic E-state index is -5.95. The van der Waals surface area contributed by atoms with Gasteiger partial charge in [0.15, 0.2) is 0 Å². The Morgan fingerprint density at radius 3 is 0.625 bits per heavy atom. The predicted molar refractivity (Wildman–Crippen MR) is 272 cm³/mol. The molecule has 0 aliphatic heterocycles. The Morgan fingerprint density at radius 2 is 0.466 bits per heavy atom. The molecule has 0 saturated heterocycles. The third-order valence-electron chi connectivity index (χ3n) is 9.72. The summed E-state index contributed by atoms with van der Waals surface area (Å²) in [5, 5.41) is 0. The minimum Gasteiger partial charge on any atom is -0.726 e. The molecule has 0 aliphatic carbocycles. The van der Waals surface area contributed by atoms with Gasteiger partial charge in [-0.1, -0.05) is 62.8 Å². The van der Waals surface area contributed by atoms with Gasteiger partial charge in [-0.3, -0.25) is 17.5 Å². The molecule has 0 fully saturated rings. The summed E-state index contributed by atoms with van der Waals surface area (Å²) in [5.41, 5.74) is -8.33. The molecule has 0 rings (SSSR count). The first-order valence-corrected chi connectivity index (χ1v) is 28.5. The van der Waals surface area contributed by atoms with Crippen LogP contribution in [0.1, 0.15) is 62.8 Å². The Balaban J connectivity index is -0.000000369. The topological polar surface area (TPSA) is 443 Å². The van der Waals surface area contributed by atoms with E-state index in [9.17, 15) is 113 Å². The van der Waals surface area contributed by atoms with Gasteiger partial charge in [-0.15, -0.1) is 0 Å². The first-order chi connectivity index (χ1) is 37.0. The number of hydrogen-bond acceptors (Lipinski definition) is 22. The number of alkyl halides is 16. The molecule has 0 amide bonds. The van der Waals surface area contributed by atoms with E-state index in [1.807, 2.05) is 0 Å². The van der Waals surface area contributed by atoms with Crippen LogP contribution in [0.2, 0.25) is 0 Å². The molecule has 88 heavy (non-hydrogen) atoms. The van der Waals surface area contributed by atoms with Crippen LogP contribution in [0.25, 0.3) is 0 Å². The second kappa shape index (κ2) is 37.7. The zero-order valence-corrected chi connectivity index (χ0v) is 52.0. The fourth-order valence-corrected chi connectivity index (χ4v) is 7.31. The van der Waals surface area contributed by atoms with E-state index in [0.717, 1.165) is 13.8 Å². The summed E-state index contributed by atoms with van der Waals surface area (Å²) >= 11 is 0. The van der Waals surface area contributed by atoms with Gasteiger partial charge in [0.2, 0.25) is 20.8 Å². The number of halogens is 16. The lowest BCUT2D eigenvalue weighted by molar-refractivity contribution is -0.298. The molecule has 0 aliphatic rings. The molecule has 0 spiro atoms. The van der Waals surface area contributed by atoms with Crippen molar-refractivity contribution in [1.82, 2.24) is 18.5 Å². The van der Waals surface area contributed by atoms with Crippen LogP contribution in [0.15, 0.2) is 0 Å². The fourth-order valence-electron chi connectivity index (χ4n) is 5.58. The molecule has 0 heterocycles. The molecule has 0 aromatic carbocycles. The summed E-state index contributed by atoms with van der Waals surface area (Å²) in [6.45, 7) is -6.61. The summed E-state index contributed by atoms with van der Waals surface area (Å²) in [6.07, 6.45) is -21.2. The summed E-state index contributed by atoms with van der Waals surface area (Å²) < 4.78 is 384. The lowest BCUT2D eigenvalue weighted by Crippen LogP contribution is -2.43. The van der Waals surface area contributed by atoms with E-state index in [2.05, 4.69) is 35.7 Å². The van der Waals surface area contributed by atoms with Crippen LogP contribution >= 0.6 is 0 Å². The van der Waals surface area contributed by atoms with Crippen LogP contribution in [0.5, 0.6) is 0 Å². The van der Waals surface area contributed by atoms with Crippen LogP contribution in [-0.4, -0.2) is 221 Å². The van der Waals surface area contributed by atoms with Crippen LogP contribution in [0, 0.1) is 32.5 Å². The highest BCUT2D eigenvalue weighted by atomic mass is 32.3. The molecule has 14 N–H and O–H groups in total. The maximum Gasteiger partial charge on any atom is 0.455 e. The highest BCUT2D eigenvalue weighted by Crippen LogP contribution is 2.38. The van der Waals surface area contributed by atoms with Gasteiger partial charge in [0.25, 0.3) is 0 Å². The Morgan fingerprint density at radius 1 is 0.295 bits per heavy atom. The maximum atomic E-state index is 13.2. The standard InChI is InChI=1S/C21H34F10O12S2.C19H34F6O12S2.CH4.3H3N/c1-15(2,5-38-7-16(3,11-42-44(32,33)34)9-40-13-18(22,23)20(26,27)28)6-39-8-17(4,12-43-45(35,36)37)10-41-14-19(24,25)21(29,30)31;1-15(2,5-32-7-16(3,11-36-38(26,27)28)9-34-13-18(20,21)22)6-33-8-17(4,12-37-39(29,30)31)10-35-14-19(23,24)25;;;;/h5-14H2,1-4H3,(H,32,33,34)(H,35,36,37);5-14H2,1-4H3,(H,26,27,28)(H,29,30,31);1H4;3*1H3/p+1. The summed E-state index contributed by atoms with van der Waals surface area (Å²) in [4.78, 5) is 0. The van der Waals surface area contributed by atoms with Gasteiger partial charge in [-0.2, -0.15) is 87.1 Å². The van der Waals surface area contributed by atoms with E-state index in [1.165, 1.54) is 27.7 Å². The van der Waals surface area contributed by atoms with Crippen LogP contribution in [0.4, 0.5) is 70.2 Å². The SMILES string of the molecule is C.CC(C)(COCC(C)(COCC(F)(F)C(F)(F)F)COS(=O)(=O)[O-])COCC(C)(COCC(F)(F)C(F)(F)F)COS(=O)(=O)O.CC(C)(COCC(C)(COCC(F)(F)F)COS(=O)(=O)[O-])COCC(C)(COCC(F)(F)F)COS(=O)(=O)O.[NH4+].[NH4+].[NH4+]. The Kier molecular flexibility index (Phi) is 41.6. The summed E-state index contributed by atoms with van der Waals surface area (Å²) in [6, 6.07) is 0. The summed E-state index contributed by atoms with van der Waals surface area (Å²) in [7, 11) is -20.5. The van der Waals surface area contributed by atoms with Gasteiger partial charge in [0.05, 0.1) is 106 Å². The van der Waals surface area contributed by atoms with Crippen molar-refractivity contribution in [3.8, 4) is 0 Å². The van der Waals surface area contributed by atoms with Crippen molar-refractivity contribution in [2.75, 3.05) is 132 Å². The van der Waals surface area contributed by atoms with Crippen LogP contribution < -0.4 is 18.5 Å². The van der Waals surface area contributed by atoms with Gasteiger partial charge in [0.1, 0.15) is 26.4 Å². The van der Waals surface area contributed by atoms with E-state index in [1.54, 1.807) is 13.8 Å². The third-order valence-corrected chi connectivity index (χ3v) is 11.4. The lowest BCUT2D eigenvalue weighted by atomic mass is 9.92. The van der Waals surface area contributed by atoms with Gasteiger partial charge in [-0.25, -0.2) is 25.2 Å². The van der Waals surface area contributed by atoms with Crippen molar-refractivity contribution in [3.63, 3.8) is 0 Å². The number of hydrogen-bond donors (Lipinski definition) is 5. The molecule has 0 aromatic rings. The van der Waals surface area contributed by atoms with Gasteiger partial charge < -0.3 is 65.5 Å². The Hall–Kier alpha value is -2.08. The zero-order chi connectivity index (χ0) is 66.6. The molecule has 47 heteroatoms. The van der Waals surface area contributed by atoms with Crippen molar-refractivity contribution >= 4 is 41.6 Å². The molecule has 0 radical (unpaired) electrons. The molecule has 27 nitrogen and oxygen atoms in total. The summed E-state index contributed by atoms with van der Waals surface area (Å²) in [5.74, 6) is -10.5. The number of ether oxygens (including phenoxy) is 8. The zero-order valence-electron chi connectivity index (χ0n) is 48.7. The van der Waals surface area contributed by atoms with Crippen molar-refractivity contribution in [1.29, 1.82) is 0 Å². The van der Waals surface area contributed by atoms with E-state index in [0.29, 0.717) is 0 Å². The van der Waals surface area contributed by atoms with Crippen molar-refractivity contribution in [3.05, 3.63) is 0 Å². The van der Waals surface area contributed by atoms with Crippen molar-refractivity contribution in [2.24, 2.45) is 32.5 Å². The quantitative estimate of drug-likeness (QED) is 0.0219. The Bertz CT molecular complexity index is 2260. The number of quaternary nitrogens is 3. The molecule has 540 valence electrons. The number of rotatable bonds is 42. The minimum absolute atomic E-state index is 0. The normalized spacial score (nSPS) is 16.4. The molecule has 4 unspecified atom stereocenters. The van der Waals surface area contributed by atoms with Gasteiger partial charge in [0, 0.05) is 32.5 Å². The molecular weight excluding hydrogens is 1350 g/mol. The van der Waals surface area contributed by atoms with E-state index in [-0.39, 0.29) is 58.9 Å². The average Bonchev–Trinajstić information content (AvgIpc) is 3.24. The molecule has 4 atom stereocenters. The second-order valence-electron chi connectivity index (χ2n) is 21.9. The molecule has 0 saturated carbocycles. The monoisotopic (exact) mass is 1430 g/mol. The molecule has 0 aromatic heterocycles. The van der Waals surface area contributed by atoms with Crippen molar-refractivity contribution < 1.29 is 177 Å². The van der Waals surface area contributed by atoms with E-state index >= 15 is 0 Å². The van der Waals surface area contributed by atoms with Crippen LogP contribution in [-0.2, 0) is 96.2 Å². The largest absolute Gasteiger partial charge is 0.726 e. The van der Waals surface area contributed by atoms with E-state index in [4.69, 9.17) is 28.1 Å². The fraction of sp³-hybridized carbons (Fsp3) is 1.00. The molecule has 0 bridgehead atoms. The average molecular weight is 1430 g/mol. The van der Waals surface area contributed by atoms with Gasteiger partial charge >= 0.3 is 57.3 Å². The smallest absolute Gasteiger partial charge is 0.455 e. The Labute approximate surface area is 499 Å². The third kappa shape index (κ3) is 49.5. The second-order valence-corrected chi connectivity index (χ2v) is 26.2. The first kappa shape index (κ1) is 97.0. The van der Waals surface area contributed by atoms with E-state index < -0.39 is 210 Å². The highest BCUT2D eigenvalue weighted by Gasteiger charge is 2.59. The predicted octanol–water partition coefficient (Wildman–Crippen LogP) is 8.06. The van der Waals surface area contributed by atoms with Crippen molar-refractivity contribution in [2.45, 2.75) is 99.4 Å². The lowest BCUT2D eigenvalue weighted by Gasteiger charge is -2.33. The van der Waals surface area contributed by atoms with Crippen LogP contribution in [0.3, 0.4) is 0 Å².